The first kappa shape index (κ1) is 17.6. The minimum Gasteiger partial charge on any atom is -0.425 e. The first-order valence-corrected chi connectivity index (χ1v) is 9.27. The molecule has 5 heteroatoms. The minimum absolute atomic E-state index is 0.0475. The zero-order valence-corrected chi connectivity index (χ0v) is 15.3. The molecular formula is C20H27N3O2. The molecule has 5 nitrogen and oxygen atoms in total. The van der Waals surface area contributed by atoms with Crippen LogP contribution in [0.4, 0.5) is 0 Å². The number of likely N-dealkylation sites (tertiary alicyclic amines) is 1. The van der Waals surface area contributed by atoms with E-state index in [1.165, 1.54) is 0 Å². The van der Waals surface area contributed by atoms with Gasteiger partial charge in [-0.3, -0.25) is 4.79 Å². The average molecular weight is 341 g/mol. The monoisotopic (exact) mass is 341 g/mol. The van der Waals surface area contributed by atoms with Crippen LogP contribution in [0.25, 0.3) is 0 Å². The molecule has 1 amide bonds. The van der Waals surface area contributed by atoms with Crippen molar-refractivity contribution in [2.45, 2.75) is 57.8 Å². The Hall–Kier alpha value is -2.17. The van der Waals surface area contributed by atoms with Crippen LogP contribution in [0.5, 0.6) is 0 Å². The van der Waals surface area contributed by atoms with E-state index >= 15 is 0 Å². The van der Waals surface area contributed by atoms with Gasteiger partial charge in [0.2, 0.25) is 17.7 Å². The number of aromatic nitrogens is 2. The number of carbonyl (C=O) groups excluding carboxylic acids is 1. The van der Waals surface area contributed by atoms with Gasteiger partial charge in [-0.25, -0.2) is 0 Å². The summed E-state index contributed by atoms with van der Waals surface area (Å²) in [4.78, 5) is 14.9. The molecular weight excluding hydrogens is 314 g/mol. The van der Waals surface area contributed by atoms with Crippen LogP contribution in [0.3, 0.4) is 0 Å². The molecule has 2 aromatic rings. The maximum Gasteiger partial charge on any atom is 0.230 e. The van der Waals surface area contributed by atoms with Gasteiger partial charge in [-0.15, -0.1) is 10.2 Å². The lowest BCUT2D eigenvalue weighted by molar-refractivity contribution is -0.134. The summed E-state index contributed by atoms with van der Waals surface area (Å²) in [6, 6.07) is 10.1. The summed E-state index contributed by atoms with van der Waals surface area (Å²) >= 11 is 0. The summed E-state index contributed by atoms with van der Waals surface area (Å²) in [5.74, 6) is 2.13. The molecule has 1 aliphatic heterocycles. The molecule has 0 unspecified atom stereocenters. The van der Waals surface area contributed by atoms with Gasteiger partial charge in [0.25, 0.3) is 0 Å². The SMILES string of the molecule is CC[C@H](C(=O)N1CCC(c2nnc(C(C)C)o2)CC1)c1ccccc1. The van der Waals surface area contributed by atoms with E-state index in [1.807, 2.05) is 49.1 Å². The molecule has 1 aromatic heterocycles. The third-order valence-electron chi connectivity index (χ3n) is 5.01. The fraction of sp³-hybridized carbons (Fsp3) is 0.550. The Labute approximate surface area is 149 Å². The van der Waals surface area contributed by atoms with Crippen molar-refractivity contribution < 1.29 is 9.21 Å². The maximum atomic E-state index is 12.9. The van der Waals surface area contributed by atoms with Crippen molar-refractivity contribution in [1.29, 1.82) is 0 Å². The minimum atomic E-state index is -0.0475. The van der Waals surface area contributed by atoms with Crippen LogP contribution in [-0.4, -0.2) is 34.1 Å². The molecule has 1 fully saturated rings. The van der Waals surface area contributed by atoms with Gasteiger partial charge in [0.15, 0.2) is 0 Å². The van der Waals surface area contributed by atoms with E-state index in [2.05, 4.69) is 17.1 Å². The highest BCUT2D eigenvalue weighted by molar-refractivity contribution is 5.83. The number of hydrogen-bond acceptors (Lipinski definition) is 4. The lowest BCUT2D eigenvalue weighted by Gasteiger charge is -2.33. The van der Waals surface area contributed by atoms with Crippen molar-refractivity contribution in [2.75, 3.05) is 13.1 Å². The second-order valence-corrected chi connectivity index (χ2v) is 7.10. The van der Waals surface area contributed by atoms with Crippen molar-refractivity contribution >= 4 is 5.91 Å². The highest BCUT2D eigenvalue weighted by Gasteiger charge is 2.30. The van der Waals surface area contributed by atoms with E-state index in [0.717, 1.165) is 43.8 Å². The molecule has 25 heavy (non-hydrogen) atoms. The van der Waals surface area contributed by atoms with Gasteiger partial charge in [-0.05, 0) is 24.8 Å². The number of nitrogens with zero attached hydrogens (tertiary/aromatic N) is 3. The van der Waals surface area contributed by atoms with Crippen molar-refractivity contribution in [1.82, 2.24) is 15.1 Å². The third kappa shape index (κ3) is 3.91. The maximum absolute atomic E-state index is 12.9. The van der Waals surface area contributed by atoms with E-state index in [-0.39, 0.29) is 23.7 Å². The number of carbonyl (C=O) groups is 1. The summed E-state index contributed by atoms with van der Waals surface area (Å²) in [7, 11) is 0. The van der Waals surface area contributed by atoms with Crippen molar-refractivity contribution in [3.05, 3.63) is 47.7 Å². The summed E-state index contributed by atoms with van der Waals surface area (Å²) in [6.45, 7) is 7.69. The number of amides is 1. The lowest BCUT2D eigenvalue weighted by Crippen LogP contribution is -2.40. The highest BCUT2D eigenvalue weighted by atomic mass is 16.4. The Bertz CT molecular complexity index is 688. The molecule has 0 aliphatic carbocycles. The Morgan fingerprint density at radius 1 is 1.20 bits per heavy atom. The number of rotatable bonds is 5. The van der Waals surface area contributed by atoms with E-state index in [9.17, 15) is 4.79 Å². The zero-order chi connectivity index (χ0) is 17.8. The quantitative estimate of drug-likeness (QED) is 0.822. The Kier molecular flexibility index (Phi) is 5.51. The molecule has 0 saturated carbocycles. The van der Waals surface area contributed by atoms with Crippen molar-refractivity contribution in [2.24, 2.45) is 0 Å². The highest BCUT2D eigenvalue weighted by Crippen LogP contribution is 2.30. The standard InChI is InChI=1S/C20H27N3O2/c1-4-17(15-8-6-5-7-9-15)20(24)23-12-10-16(11-13-23)19-22-21-18(25-19)14(2)3/h5-9,14,16-17H,4,10-13H2,1-3H3/t17-/m0/s1. The second-order valence-electron chi connectivity index (χ2n) is 7.10. The fourth-order valence-electron chi connectivity index (χ4n) is 3.45. The normalized spacial score (nSPS) is 17.0. The predicted octanol–water partition coefficient (Wildman–Crippen LogP) is 4.09. The average Bonchev–Trinajstić information content (AvgIpc) is 3.14. The fourth-order valence-corrected chi connectivity index (χ4v) is 3.45. The molecule has 2 heterocycles. The van der Waals surface area contributed by atoms with E-state index in [4.69, 9.17) is 4.42 Å². The van der Waals surface area contributed by atoms with Crippen LogP contribution in [0, 0.1) is 0 Å². The van der Waals surface area contributed by atoms with E-state index < -0.39 is 0 Å². The van der Waals surface area contributed by atoms with Crippen molar-refractivity contribution in [3.63, 3.8) is 0 Å². The first-order chi connectivity index (χ1) is 12.1. The van der Waals surface area contributed by atoms with Crippen molar-refractivity contribution in [3.8, 4) is 0 Å². The molecule has 0 radical (unpaired) electrons. The summed E-state index contributed by atoms with van der Waals surface area (Å²) in [5.41, 5.74) is 1.11. The number of piperidine rings is 1. The summed E-state index contributed by atoms with van der Waals surface area (Å²) in [6.07, 6.45) is 2.59. The largest absolute Gasteiger partial charge is 0.425 e. The molecule has 1 saturated heterocycles. The van der Waals surface area contributed by atoms with Crippen LogP contribution in [0.2, 0.25) is 0 Å². The second kappa shape index (κ2) is 7.81. The first-order valence-electron chi connectivity index (χ1n) is 9.27. The van der Waals surface area contributed by atoms with Crippen LogP contribution in [-0.2, 0) is 4.79 Å². The van der Waals surface area contributed by atoms with Crippen LogP contribution in [0.1, 0.15) is 75.1 Å². The van der Waals surface area contributed by atoms with Gasteiger partial charge in [0, 0.05) is 24.9 Å². The topological polar surface area (TPSA) is 59.2 Å². The van der Waals surface area contributed by atoms with E-state index in [0.29, 0.717) is 5.89 Å². The molecule has 134 valence electrons. The van der Waals surface area contributed by atoms with Gasteiger partial charge in [0.05, 0.1) is 5.92 Å². The molecule has 1 aliphatic rings. The molecule has 1 atom stereocenters. The number of hydrogen-bond donors (Lipinski definition) is 0. The van der Waals surface area contributed by atoms with Gasteiger partial charge < -0.3 is 9.32 Å². The van der Waals surface area contributed by atoms with Gasteiger partial charge in [0.1, 0.15) is 0 Å². The Morgan fingerprint density at radius 3 is 2.44 bits per heavy atom. The van der Waals surface area contributed by atoms with E-state index in [1.54, 1.807) is 0 Å². The molecule has 3 rings (SSSR count). The third-order valence-corrected chi connectivity index (χ3v) is 5.01. The molecule has 0 N–H and O–H groups in total. The zero-order valence-electron chi connectivity index (χ0n) is 15.3. The molecule has 1 aromatic carbocycles. The molecule has 0 spiro atoms. The van der Waals surface area contributed by atoms with Gasteiger partial charge in [-0.2, -0.15) is 0 Å². The Morgan fingerprint density at radius 2 is 1.88 bits per heavy atom. The van der Waals surface area contributed by atoms with Gasteiger partial charge in [-0.1, -0.05) is 51.1 Å². The Balaban J connectivity index is 1.62. The summed E-state index contributed by atoms with van der Waals surface area (Å²) < 4.78 is 5.79. The molecule has 0 bridgehead atoms. The van der Waals surface area contributed by atoms with Gasteiger partial charge >= 0.3 is 0 Å². The number of benzene rings is 1. The van der Waals surface area contributed by atoms with Crippen LogP contribution in [0.15, 0.2) is 34.7 Å². The summed E-state index contributed by atoms with van der Waals surface area (Å²) in [5, 5.41) is 8.34. The predicted molar refractivity (Wildman–Crippen MR) is 96.4 cm³/mol. The smallest absolute Gasteiger partial charge is 0.230 e. The van der Waals surface area contributed by atoms with Crippen LogP contribution < -0.4 is 0 Å². The van der Waals surface area contributed by atoms with Crippen LogP contribution >= 0.6 is 0 Å². The lowest BCUT2D eigenvalue weighted by atomic mass is 9.92.